The summed E-state index contributed by atoms with van der Waals surface area (Å²) in [6.45, 7) is 2.48. The number of benzene rings is 2. The molecule has 29 heavy (non-hydrogen) atoms. The van der Waals surface area contributed by atoms with Crippen LogP contribution in [-0.4, -0.2) is 37.4 Å². The lowest BCUT2D eigenvalue weighted by molar-refractivity contribution is -0.128. The molecule has 1 saturated heterocycles. The Morgan fingerprint density at radius 2 is 1.83 bits per heavy atom. The molecule has 2 amide bonds. The Kier molecular flexibility index (Phi) is 5.97. The van der Waals surface area contributed by atoms with E-state index in [1.54, 1.807) is 4.90 Å². The van der Waals surface area contributed by atoms with Gasteiger partial charge in [0.15, 0.2) is 0 Å². The number of alkyl halides is 2. The van der Waals surface area contributed by atoms with E-state index in [9.17, 15) is 26.8 Å². The molecule has 0 saturated carbocycles. The number of hydrogen-bond donors (Lipinski definition) is 1. The first kappa shape index (κ1) is 20.9. The highest BCUT2D eigenvalue weighted by atomic mass is 32.2. The number of para-hydroxylation sites is 1. The Labute approximate surface area is 167 Å². The van der Waals surface area contributed by atoms with E-state index in [-0.39, 0.29) is 24.6 Å². The second-order valence-electron chi connectivity index (χ2n) is 6.95. The van der Waals surface area contributed by atoms with Crippen LogP contribution in [0.2, 0.25) is 0 Å². The Hall–Kier alpha value is -2.81. The summed E-state index contributed by atoms with van der Waals surface area (Å²) < 4.78 is 49.4. The molecule has 1 aliphatic rings. The summed E-state index contributed by atoms with van der Waals surface area (Å²) in [6, 6.07) is 12.7. The Bertz CT molecular complexity index is 1020. The van der Waals surface area contributed by atoms with Crippen molar-refractivity contribution in [3.63, 3.8) is 0 Å². The van der Waals surface area contributed by atoms with Crippen LogP contribution in [0.15, 0.2) is 53.4 Å². The lowest BCUT2D eigenvalue weighted by Gasteiger charge is -2.17. The molecule has 1 fully saturated rings. The maximum Gasteiger partial charge on any atom is 0.341 e. The number of aryl methyl sites for hydroxylation is 1. The van der Waals surface area contributed by atoms with Crippen molar-refractivity contribution >= 4 is 27.3 Å². The molecule has 0 aromatic heterocycles. The van der Waals surface area contributed by atoms with Crippen LogP contribution in [0.4, 0.5) is 14.5 Å². The van der Waals surface area contributed by atoms with E-state index in [0.717, 1.165) is 17.2 Å². The van der Waals surface area contributed by atoms with Crippen molar-refractivity contribution in [3.05, 3.63) is 59.7 Å². The summed E-state index contributed by atoms with van der Waals surface area (Å²) in [7, 11) is -4.87. The van der Waals surface area contributed by atoms with Crippen LogP contribution in [0, 0.1) is 12.8 Å². The van der Waals surface area contributed by atoms with Crippen LogP contribution in [0.5, 0.6) is 0 Å². The molecule has 1 N–H and O–H groups in total. The van der Waals surface area contributed by atoms with Gasteiger partial charge in [-0.25, -0.2) is 8.42 Å². The van der Waals surface area contributed by atoms with Gasteiger partial charge in [-0.05, 0) is 24.6 Å². The smallest absolute Gasteiger partial charge is 0.338 e. The first-order valence-electron chi connectivity index (χ1n) is 8.93. The minimum Gasteiger partial charge on any atom is -0.338 e. The van der Waals surface area contributed by atoms with Crippen molar-refractivity contribution in [2.75, 3.05) is 11.9 Å². The summed E-state index contributed by atoms with van der Waals surface area (Å²) in [5.41, 5.74) is 1.80. The number of rotatable bonds is 6. The minimum atomic E-state index is -4.87. The van der Waals surface area contributed by atoms with Crippen molar-refractivity contribution in [1.29, 1.82) is 0 Å². The molecule has 1 aliphatic heterocycles. The molecule has 1 unspecified atom stereocenters. The maximum atomic E-state index is 12.9. The minimum absolute atomic E-state index is 0.0263. The number of halogens is 2. The van der Waals surface area contributed by atoms with Crippen LogP contribution in [-0.2, 0) is 26.0 Å². The average Bonchev–Trinajstić information content (AvgIpc) is 3.04. The third-order valence-electron chi connectivity index (χ3n) is 4.77. The maximum absolute atomic E-state index is 12.9. The van der Waals surface area contributed by atoms with Crippen LogP contribution < -0.4 is 5.32 Å². The predicted octanol–water partition coefficient (Wildman–Crippen LogP) is 2.98. The second-order valence-corrected chi connectivity index (χ2v) is 8.84. The van der Waals surface area contributed by atoms with Gasteiger partial charge in [-0.15, -0.1) is 0 Å². The van der Waals surface area contributed by atoms with Crippen LogP contribution >= 0.6 is 0 Å². The van der Waals surface area contributed by atoms with Gasteiger partial charge in [-0.1, -0.05) is 42.0 Å². The molecular formula is C20H20F2N2O4S. The Morgan fingerprint density at radius 3 is 2.48 bits per heavy atom. The number of sulfone groups is 1. The summed E-state index contributed by atoms with van der Waals surface area (Å²) in [5, 5.41) is 2.40. The van der Waals surface area contributed by atoms with Crippen molar-refractivity contribution in [1.82, 2.24) is 4.90 Å². The van der Waals surface area contributed by atoms with Crippen LogP contribution in [0.1, 0.15) is 17.5 Å². The largest absolute Gasteiger partial charge is 0.341 e. The highest BCUT2D eigenvalue weighted by Gasteiger charge is 2.35. The third-order valence-corrected chi connectivity index (χ3v) is 6.20. The molecule has 6 nitrogen and oxygen atoms in total. The zero-order valence-corrected chi connectivity index (χ0v) is 16.5. The summed E-state index contributed by atoms with van der Waals surface area (Å²) in [5.74, 6) is -5.07. The molecule has 154 valence electrons. The highest BCUT2D eigenvalue weighted by Crippen LogP contribution is 2.28. The zero-order valence-electron chi connectivity index (χ0n) is 15.6. The Balaban J connectivity index is 1.71. The molecule has 2 aromatic carbocycles. The van der Waals surface area contributed by atoms with Crippen molar-refractivity contribution in [3.8, 4) is 0 Å². The van der Waals surface area contributed by atoms with E-state index in [0.29, 0.717) is 6.54 Å². The second kappa shape index (κ2) is 8.28. The SMILES string of the molecule is Cc1ccc(CN2CC(C(=O)Nc3ccccc3S(=O)(=O)C(F)F)CC2=O)cc1. The molecule has 3 rings (SSSR count). The summed E-state index contributed by atoms with van der Waals surface area (Å²) >= 11 is 0. The third kappa shape index (κ3) is 4.61. The number of likely N-dealkylation sites (tertiary alicyclic amines) is 1. The van der Waals surface area contributed by atoms with E-state index >= 15 is 0 Å². The normalized spacial score (nSPS) is 17.0. The van der Waals surface area contributed by atoms with E-state index in [2.05, 4.69) is 5.32 Å². The van der Waals surface area contributed by atoms with E-state index in [1.807, 2.05) is 31.2 Å². The number of nitrogens with zero attached hydrogens (tertiary/aromatic N) is 1. The quantitative estimate of drug-likeness (QED) is 0.776. The average molecular weight is 422 g/mol. The van der Waals surface area contributed by atoms with E-state index in [4.69, 9.17) is 0 Å². The number of nitrogens with one attached hydrogen (secondary N) is 1. The zero-order chi connectivity index (χ0) is 21.2. The van der Waals surface area contributed by atoms with Gasteiger partial charge in [0, 0.05) is 19.5 Å². The number of carbonyl (C=O) groups excluding carboxylic acids is 2. The molecule has 0 spiro atoms. The van der Waals surface area contributed by atoms with Gasteiger partial charge in [0.25, 0.3) is 0 Å². The van der Waals surface area contributed by atoms with Gasteiger partial charge >= 0.3 is 5.76 Å². The van der Waals surface area contributed by atoms with Crippen LogP contribution in [0.25, 0.3) is 0 Å². The molecular weight excluding hydrogens is 402 g/mol. The predicted molar refractivity (Wildman–Crippen MR) is 103 cm³/mol. The fraction of sp³-hybridized carbons (Fsp3) is 0.300. The molecule has 1 atom stereocenters. The molecule has 2 aromatic rings. The fourth-order valence-electron chi connectivity index (χ4n) is 3.16. The topological polar surface area (TPSA) is 83.6 Å². The van der Waals surface area contributed by atoms with Gasteiger partial charge in [0.05, 0.1) is 16.5 Å². The van der Waals surface area contributed by atoms with Gasteiger partial charge in [0.1, 0.15) is 0 Å². The summed E-state index contributed by atoms with van der Waals surface area (Å²) in [4.78, 5) is 25.8. The van der Waals surface area contributed by atoms with E-state index < -0.39 is 32.3 Å². The van der Waals surface area contributed by atoms with Gasteiger partial charge in [-0.2, -0.15) is 8.78 Å². The van der Waals surface area contributed by atoms with Gasteiger partial charge < -0.3 is 10.2 Å². The van der Waals surface area contributed by atoms with E-state index in [1.165, 1.54) is 18.2 Å². The number of amides is 2. The van der Waals surface area contributed by atoms with Crippen molar-refractivity contribution in [2.45, 2.75) is 30.5 Å². The monoisotopic (exact) mass is 422 g/mol. The van der Waals surface area contributed by atoms with Crippen molar-refractivity contribution in [2.24, 2.45) is 5.92 Å². The lowest BCUT2D eigenvalue weighted by atomic mass is 10.1. The standard InChI is InChI=1S/C20H20F2N2O4S/c1-13-6-8-14(9-7-13)11-24-12-15(10-18(24)25)19(26)23-16-4-2-3-5-17(16)29(27,28)20(21)22/h2-9,15,20H,10-12H2,1H3,(H,23,26). The first-order chi connectivity index (χ1) is 13.7. The van der Waals surface area contributed by atoms with Gasteiger partial charge in [0.2, 0.25) is 21.7 Å². The Morgan fingerprint density at radius 1 is 1.17 bits per heavy atom. The summed E-state index contributed by atoms with van der Waals surface area (Å²) in [6.07, 6.45) is -0.0263. The molecule has 9 heteroatoms. The number of hydrogen-bond acceptors (Lipinski definition) is 4. The fourth-order valence-corrected chi connectivity index (χ4v) is 4.05. The van der Waals surface area contributed by atoms with Gasteiger partial charge in [-0.3, -0.25) is 9.59 Å². The molecule has 0 aliphatic carbocycles. The number of carbonyl (C=O) groups is 2. The molecule has 0 bridgehead atoms. The number of anilines is 1. The lowest BCUT2D eigenvalue weighted by Crippen LogP contribution is -2.28. The molecule has 0 radical (unpaired) electrons. The highest BCUT2D eigenvalue weighted by molar-refractivity contribution is 7.91. The first-order valence-corrected chi connectivity index (χ1v) is 10.5. The molecule has 1 heterocycles. The van der Waals surface area contributed by atoms with Crippen LogP contribution in [0.3, 0.4) is 0 Å². The van der Waals surface area contributed by atoms with Crippen molar-refractivity contribution < 1.29 is 26.8 Å².